The van der Waals surface area contributed by atoms with Gasteiger partial charge in [0.2, 0.25) is 0 Å². The molecule has 0 bridgehead atoms. The molecule has 0 radical (unpaired) electrons. The SMILES string of the molecule is Cl.O=C1NC(=O)/C(=C/c2cccc(Cl)c2N2CCCNCC2)S1. The van der Waals surface area contributed by atoms with Gasteiger partial charge in [-0.25, -0.2) is 0 Å². The van der Waals surface area contributed by atoms with Gasteiger partial charge >= 0.3 is 0 Å². The van der Waals surface area contributed by atoms with E-state index in [1.54, 1.807) is 6.08 Å². The third kappa shape index (κ3) is 4.20. The maximum atomic E-state index is 11.7. The van der Waals surface area contributed by atoms with E-state index in [1.807, 2.05) is 18.2 Å². The summed E-state index contributed by atoms with van der Waals surface area (Å²) < 4.78 is 0. The molecule has 2 N–H and O–H groups in total. The van der Waals surface area contributed by atoms with Gasteiger partial charge in [0, 0.05) is 25.2 Å². The van der Waals surface area contributed by atoms with Crippen molar-refractivity contribution in [2.24, 2.45) is 0 Å². The number of nitrogens with one attached hydrogen (secondary N) is 2. The van der Waals surface area contributed by atoms with Crippen LogP contribution in [0.4, 0.5) is 10.5 Å². The van der Waals surface area contributed by atoms with E-state index in [2.05, 4.69) is 15.5 Å². The Morgan fingerprint density at radius 3 is 2.78 bits per heavy atom. The summed E-state index contributed by atoms with van der Waals surface area (Å²) in [4.78, 5) is 25.7. The quantitative estimate of drug-likeness (QED) is 0.780. The van der Waals surface area contributed by atoms with Crippen LogP contribution in [0.1, 0.15) is 12.0 Å². The number of carbonyl (C=O) groups is 2. The minimum Gasteiger partial charge on any atom is -0.369 e. The number of amides is 2. The number of thioether (sulfide) groups is 1. The van der Waals surface area contributed by atoms with Gasteiger partial charge in [-0.15, -0.1) is 12.4 Å². The molecule has 0 aliphatic carbocycles. The van der Waals surface area contributed by atoms with Crippen molar-refractivity contribution in [3.8, 4) is 0 Å². The molecular weight excluding hydrogens is 357 g/mol. The number of anilines is 1. The number of benzene rings is 1. The molecule has 0 spiro atoms. The molecule has 5 nitrogen and oxygen atoms in total. The average molecular weight is 374 g/mol. The van der Waals surface area contributed by atoms with Crippen molar-refractivity contribution in [1.82, 2.24) is 10.6 Å². The van der Waals surface area contributed by atoms with E-state index in [1.165, 1.54) is 0 Å². The zero-order valence-electron chi connectivity index (χ0n) is 12.3. The van der Waals surface area contributed by atoms with Crippen LogP contribution in [0, 0.1) is 0 Å². The molecule has 0 atom stereocenters. The molecule has 2 saturated heterocycles. The molecule has 0 saturated carbocycles. The van der Waals surface area contributed by atoms with Crippen molar-refractivity contribution in [1.29, 1.82) is 0 Å². The Balaban J connectivity index is 0.00000192. The van der Waals surface area contributed by atoms with Gasteiger partial charge < -0.3 is 10.2 Å². The molecule has 2 amide bonds. The van der Waals surface area contributed by atoms with Gasteiger partial charge in [-0.2, -0.15) is 0 Å². The third-order valence-corrected chi connectivity index (χ3v) is 4.72. The standard InChI is InChI=1S/C15H16ClN3O2S.ClH/c16-11-4-1-3-10(9-12-14(20)18-15(21)22-12)13(11)19-7-2-5-17-6-8-19;/h1,3-4,9,17H,2,5-8H2,(H,18,20,21);1H/b12-9-;. The van der Waals surface area contributed by atoms with Crippen LogP contribution < -0.4 is 15.5 Å². The molecule has 2 heterocycles. The topological polar surface area (TPSA) is 61.4 Å². The van der Waals surface area contributed by atoms with Crippen molar-refractivity contribution < 1.29 is 9.59 Å². The average Bonchev–Trinajstić information content (AvgIpc) is 2.69. The molecule has 2 aliphatic rings. The smallest absolute Gasteiger partial charge is 0.290 e. The van der Waals surface area contributed by atoms with Crippen molar-refractivity contribution >= 4 is 58.7 Å². The molecule has 23 heavy (non-hydrogen) atoms. The number of halogens is 2. The number of rotatable bonds is 2. The second-order valence-corrected chi connectivity index (χ2v) is 6.54. The molecular formula is C15H17Cl2N3O2S. The lowest BCUT2D eigenvalue weighted by Crippen LogP contribution is -2.28. The van der Waals surface area contributed by atoms with Gasteiger partial charge in [0.1, 0.15) is 0 Å². The molecule has 3 rings (SSSR count). The van der Waals surface area contributed by atoms with Crippen molar-refractivity contribution in [3.05, 3.63) is 33.7 Å². The van der Waals surface area contributed by atoms with E-state index in [0.717, 1.165) is 55.6 Å². The van der Waals surface area contributed by atoms with E-state index in [4.69, 9.17) is 11.6 Å². The summed E-state index contributed by atoms with van der Waals surface area (Å²) in [6.07, 6.45) is 2.78. The van der Waals surface area contributed by atoms with E-state index in [9.17, 15) is 9.59 Å². The maximum absolute atomic E-state index is 11.7. The van der Waals surface area contributed by atoms with E-state index in [0.29, 0.717) is 9.93 Å². The molecule has 8 heteroatoms. The number of para-hydroxylation sites is 1. The molecule has 2 fully saturated rings. The highest BCUT2D eigenvalue weighted by Gasteiger charge is 2.26. The molecule has 1 aromatic carbocycles. The van der Waals surface area contributed by atoms with Crippen molar-refractivity contribution in [3.63, 3.8) is 0 Å². The molecule has 0 aromatic heterocycles. The van der Waals surface area contributed by atoms with Gasteiger partial charge in [0.05, 0.1) is 15.6 Å². The van der Waals surface area contributed by atoms with E-state index >= 15 is 0 Å². The zero-order valence-corrected chi connectivity index (χ0v) is 14.7. The lowest BCUT2D eigenvalue weighted by atomic mass is 10.1. The number of imide groups is 1. The fourth-order valence-corrected chi connectivity index (χ4v) is 3.59. The van der Waals surface area contributed by atoms with Crippen LogP contribution in [-0.4, -0.2) is 37.3 Å². The van der Waals surface area contributed by atoms with Gasteiger partial charge in [-0.1, -0.05) is 23.7 Å². The second-order valence-electron chi connectivity index (χ2n) is 5.12. The molecule has 1 aromatic rings. The third-order valence-electron chi connectivity index (χ3n) is 3.60. The highest BCUT2D eigenvalue weighted by molar-refractivity contribution is 8.18. The fraction of sp³-hybridized carbons (Fsp3) is 0.333. The van der Waals surface area contributed by atoms with Crippen LogP contribution in [0.5, 0.6) is 0 Å². The summed E-state index contributed by atoms with van der Waals surface area (Å²) in [6.45, 7) is 3.66. The summed E-state index contributed by atoms with van der Waals surface area (Å²) in [5.74, 6) is -0.349. The first kappa shape index (κ1) is 18.1. The lowest BCUT2D eigenvalue weighted by molar-refractivity contribution is -0.115. The zero-order chi connectivity index (χ0) is 15.5. The Hall–Kier alpha value is -1.21. The number of nitrogens with zero attached hydrogens (tertiary/aromatic N) is 1. The first-order valence-electron chi connectivity index (χ1n) is 7.14. The van der Waals surface area contributed by atoms with Crippen LogP contribution in [0.25, 0.3) is 6.08 Å². The second kappa shape index (κ2) is 8.06. The number of hydrogen-bond donors (Lipinski definition) is 2. The van der Waals surface area contributed by atoms with Crippen molar-refractivity contribution in [2.45, 2.75) is 6.42 Å². The largest absolute Gasteiger partial charge is 0.369 e. The predicted octanol–water partition coefficient (Wildman–Crippen LogP) is 2.89. The summed E-state index contributed by atoms with van der Waals surface area (Å²) in [6, 6.07) is 5.63. The summed E-state index contributed by atoms with van der Waals surface area (Å²) in [5, 5.41) is 5.95. The first-order chi connectivity index (χ1) is 10.6. The fourth-order valence-electron chi connectivity index (χ4n) is 2.61. The Labute approximate surface area is 150 Å². The predicted molar refractivity (Wildman–Crippen MR) is 97.5 cm³/mol. The van der Waals surface area contributed by atoms with Crippen molar-refractivity contribution in [2.75, 3.05) is 31.1 Å². The monoisotopic (exact) mass is 373 g/mol. The Kier molecular flexibility index (Phi) is 6.35. The molecule has 124 valence electrons. The highest BCUT2D eigenvalue weighted by Crippen LogP contribution is 2.34. The minimum atomic E-state index is -0.349. The maximum Gasteiger partial charge on any atom is 0.290 e. The Bertz CT molecular complexity index is 644. The molecule has 0 unspecified atom stereocenters. The summed E-state index contributed by atoms with van der Waals surface area (Å²) >= 11 is 7.32. The minimum absolute atomic E-state index is 0. The van der Waals surface area contributed by atoms with Gasteiger partial charge in [-0.3, -0.25) is 14.9 Å². The Morgan fingerprint density at radius 1 is 1.22 bits per heavy atom. The summed E-state index contributed by atoms with van der Waals surface area (Å²) in [5.41, 5.74) is 1.79. The molecule has 2 aliphatic heterocycles. The van der Waals surface area contributed by atoms with Crippen LogP contribution in [0.2, 0.25) is 5.02 Å². The van der Waals surface area contributed by atoms with Crippen LogP contribution in [0.15, 0.2) is 23.1 Å². The normalized spacial score (nSPS) is 20.2. The van der Waals surface area contributed by atoms with E-state index in [-0.39, 0.29) is 23.6 Å². The lowest BCUT2D eigenvalue weighted by Gasteiger charge is -2.25. The van der Waals surface area contributed by atoms with Crippen LogP contribution in [-0.2, 0) is 4.79 Å². The van der Waals surface area contributed by atoms with Crippen LogP contribution >= 0.6 is 35.8 Å². The summed E-state index contributed by atoms with van der Waals surface area (Å²) in [7, 11) is 0. The van der Waals surface area contributed by atoms with Crippen LogP contribution in [0.3, 0.4) is 0 Å². The Morgan fingerprint density at radius 2 is 2.04 bits per heavy atom. The van der Waals surface area contributed by atoms with Gasteiger partial charge in [0.15, 0.2) is 0 Å². The number of carbonyl (C=O) groups excluding carboxylic acids is 2. The van der Waals surface area contributed by atoms with Gasteiger partial charge in [0.25, 0.3) is 11.1 Å². The first-order valence-corrected chi connectivity index (χ1v) is 8.33. The van der Waals surface area contributed by atoms with Gasteiger partial charge in [-0.05, 0) is 36.9 Å². The number of hydrogen-bond acceptors (Lipinski definition) is 5. The highest BCUT2D eigenvalue weighted by atomic mass is 35.5. The van der Waals surface area contributed by atoms with E-state index < -0.39 is 0 Å².